The van der Waals surface area contributed by atoms with Crippen LogP contribution in [0.15, 0.2) is 36.5 Å². The number of nitrogens with zero attached hydrogens (tertiary/aromatic N) is 3. The van der Waals surface area contributed by atoms with Crippen molar-refractivity contribution < 1.29 is 4.79 Å². The lowest BCUT2D eigenvalue weighted by Crippen LogP contribution is -2.32. The molecule has 0 radical (unpaired) electrons. The minimum Gasteiger partial charge on any atom is -0.362 e. The van der Waals surface area contributed by atoms with Crippen molar-refractivity contribution in [3.63, 3.8) is 0 Å². The van der Waals surface area contributed by atoms with E-state index in [-0.39, 0.29) is 11.9 Å². The summed E-state index contributed by atoms with van der Waals surface area (Å²) >= 11 is 0. The van der Waals surface area contributed by atoms with Crippen LogP contribution in [-0.4, -0.2) is 30.0 Å². The lowest BCUT2D eigenvalue weighted by Gasteiger charge is -2.20. The van der Waals surface area contributed by atoms with Gasteiger partial charge in [-0.05, 0) is 49.9 Å². The second-order valence-electron chi connectivity index (χ2n) is 6.26. The first kappa shape index (κ1) is 15.5. The molecule has 23 heavy (non-hydrogen) atoms. The average molecular weight is 310 g/mol. The smallest absolute Gasteiger partial charge is 0.255 e. The maximum Gasteiger partial charge on any atom is 0.255 e. The number of amides is 1. The van der Waals surface area contributed by atoms with E-state index in [2.05, 4.69) is 15.3 Å². The van der Waals surface area contributed by atoms with Gasteiger partial charge in [-0.1, -0.05) is 6.07 Å². The largest absolute Gasteiger partial charge is 0.362 e. The Morgan fingerprint density at radius 2 is 2.04 bits per heavy atom. The molecular formula is C18H22N4O. The molecule has 1 atom stereocenters. The summed E-state index contributed by atoms with van der Waals surface area (Å²) in [6.45, 7) is 1.97. The monoisotopic (exact) mass is 310 g/mol. The van der Waals surface area contributed by atoms with Crippen LogP contribution in [0.2, 0.25) is 0 Å². The van der Waals surface area contributed by atoms with E-state index in [4.69, 9.17) is 0 Å². The fourth-order valence-corrected chi connectivity index (χ4v) is 2.75. The molecule has 1 aliphatic rings. The van der Waals surface area contributed by atoms with Crippen LogP contribution in [0.3, 0.4) is 0 Å². The summed E-state index contributed by atoms with van der Waals surface area (Å²) in [4.78, 5) is 23.5. The molecule has 5 heteroatoms. The van der Waals surface area contributed by atoms with Crippen LogP contribution < -0.4 is 10.2 Å². The highest BCUT2D eigenvalue weighted by Gasteiger charge is 2.35. The summed E-state index contributed by atoms with van der Waals surface area (Å²) < 4.78 is 0. The predicted octanol–water partition coefficient (Wildman–Crippen LogP) is 2.73. The molecule has 0 aliphatic heterocycles. The quantitative estimate of drug-likeness (QED) is 0.922. The summed E-state index contributed by atoms with van der Waals surface area (Å²) in [6, 6.07) is 9.53. The van der Waals surface area contributed by atoms with Gasteiger partial charge in [-0.3, -0.25) is 9.78 Å². The molecule has 2 aromatic heterocycles. The number of rotatable bonds is 5. The maximum atomic E-state index is 12.8. The first-order valence-electron chi connectivity index (χ1n) is 7.93. The van der Waals surface area contributed by atoms with E-state index < -0.39 is 0 Å². The third-order valence-corrected chi connectivity index (χ3v) is 4.06. The first-order chi connectivity index (χ1) is 11.1. The molecule has 0 saturated heterocycles. The van der Waals surface area contributed by atoms with Crippen molar-refractivity contribution in [1.29, 1.82) is 0 Å². The Bertz CT molecular complexity index is 710. The molecule has 1 fully saturated rings. The zero-order chi connectivity index (χ0) is 16.4. The zero-order valence-electron chi connectivity index (χ0n) is 13.8. The fourth-order valence-electron chi connectivity index (χ4n) is 2.75. The molecule has 1 unspecified atom stereocenters. The van der Waals surface area contributed by atoms with Crippen molar-refractivity contribution in [2.45, 2.75) is 25.8 Å². The molecular weight excluding hydrogens is 288 g/mol. The highest BCUT2D eigenvalue weighted by atomic mass is 16.1. The Balaban J connectivity index is 1.85. The topological polar surface area (TPSA) is 58.1 Å². The van der Waals surface area contributed by atoms with Gasteiger partial charge < -0.3 is 10.2 Å². The molecule has 0 spiro atoms. The number of carbonyl (C=O) groups is 1. The van der Waals surface area contributed by atoms with Crippen LogP contribution in [-0.2, 0) is 0 Å². The molecule has 120 valence electrons. The Hall–Kier alpha value is -2.43. The van der Waals surface area contributed by atoms with Crippen molar-refractivity contribution in [2.75, 3.05) is 19.0 Å². The Morgan fingerprint density at radius 3 is 2.70 bits per heavy atom. The first-order valence-corrected chi connectivity index (χ1v) is 7.93. The molecule has 1 aliphatic carbocycles. The number of hydrogen-bond acceptors (Lipinski definition) is 4. The molecule has 5 nitrogen and oxygen atoms in total. The molecule has 2 heterocycles. The van der Waals surface area contributed by atoms with Crippen LogP contribution in [0, 0.1) is 12.8 Å². The van der Waals surface area contributed by atoms with Gasteiger partial charge in [-0.15, -0.1) is 0 Å². The van der Waals surface area contributed by atoms with E-state index in [1.165, 1.54) is 0 Å². The summed E-state index contributed by atoms with van der Waals surface area (Å²) in [6.07, 6.45) is 3.97. The van der Waals surface area contributed by atoms with Gasteiger partial charge in [0, 0.05) is 26.0 Å². The second-order valence-corrected chi connectivity index (χ2v) is 6.26. The summed E-state index contributed by atoms with van der Waals surface area (Å²) in [7, 11) is 3.78. The number of hydrogen-bond donors (Lipinski definition) is 1. The van der Waals surface area contributed by atoms with Crippen LogP contribution >= 0.6 is 0 Å². The van der Waals surface area contributed by atoms with Crippen molar-refractivity contribution in [3.05, 3.63) is 53.5 Å². The normalized spacial score (nSPS) is 15.1. The highest BCUT2D eigenvalue weighted by Crippen LogP contribution is 2.40. The predicted molar refractivity (Wildman–Crippen MR) is 90.5 cm³/mol. The van der Waals surface area contributed by atoms with Gasteiger partial charge in [0.2, 0.25) is 0 Å². The maximum absolute atomic E-state index is 12.8. The van der Waals surface area contributed by atoms with Crippen LogP contribution in [0.4, 0.5) is 5.82 Å². The van der Waals surface area contributed by atoms with Crippen molar-refractivity contribution in [3.8, 4) is 0 Å². The minimum absolute atomic E-state index is 0.0300. The van der Waals surface area contributed by atoms with Gasteiger partial charge in [0.15, 0.2) is 0 Å². The summed E-state index contributed by atoms with van der Waals surface area (Å²) in [5, 5.41) is 3.17. The van der Waals surface area contributed by atoms with Crippen molar-refractivity contribution >= 4 is 11.7 Å². The second kappa shape index (κ2) is 6.36. The SMILES string of the molecule is Cc1cccc(C(NC(=O)c2cccnc2N(C)C)C2CC2)n1. The van der Waals surface area contributed by atoms with Gasteiger partial charge in [0.1, 0.15) is 5.82 Å². The third-order valence-electron chi connectivity index (χ3n) is 4.06. The van der Waals surface area contributed by atoms with Gasteiger partial charge in [0.25, 0.3) is 5.91 Å². The van der Waals surface area contributed by atoms with E-state index in [1.54, 1.807) is 12.3 Å². The highest BCUT2D eigenvalue weighted by molar-refractivity contribution is 5.99. The molecule has 0 bridgehead atoms. The van der Waals surface area contributed by atoms with E-state index in [0.29, 0.717) is 17.3 Å². The van der Waals surface area contributed by atoms with Gasteiger partial charge in [-0.25, -0.2) is 4.98 Å². The van der Waals surface area contributed by atoms with E-state index in [1.807, 2.05) is 50.2 Å². The number of pyridine rings is 2. The Labute approximate surface area is 136 Å². The molecule has 2 aromatic rings. The number of carbonyl (C=O) groups excluding carboxylic acids is 1. The summed E-state index contributed by atoms with van der Waals surface area (Å²) in [5.74, 6) is 1.06. The van der Waals surface area contributed by atoms with Gasteiger partial charge in [-0.2, -0.15) is 0 Å². The van der Waals surface area contributed by atoms with Crippen LogP contribution in [0.5, 0.6) is 0 Å². The van der Waals surface area contributed by atoms with E-state index in [0.717, 1.165) is 24.2 Å². The average Bonchev–Trinajstić information content (AvgIpc) is 3.37. The third kappa shape index (κ3) is 3.50. The van der Waals surface area contributed by atoms with Gasteiger partial charge in [0.05, 0.1) is 17.3 Å². The molecule has 1 N–H and O–H groups in total. The van der Waals surface area contributed by atoms with Gasteiger partial charge >= 0.3 is 0 Å². The lowest BCUT2D eigenvalue weighted by atomic mass is 10.1. The Morgan fingerprint density at radius 1 is 1.26 bits per heavy atom. The van der Waals surface area contributed by atoms with E-state index >= 15 is 0 Å². The lowest BCUT2D eigenvalue weighted by molar-refractivity contribution is 0.0931. The zero-order valence-corrected chi connectivity index (χ0v) is 13.8. The fraction of sp³-hybridized carbons (Fsp3) is 0.389. The van der Waals surface area contributed by atoms with Crippen molar-refractivity contribution in [1.82, 2.24) is 15.3 Å². The molecule has 1 saturated carbocycles. The number of nitrogens with one attached hydrogen (secondary N) is 1. The Kier molecular flexibility index (Phi) is 4.28. The molecule has 0 aromatic carbocycles. The minimum atomic E-state index is -0.0954. The number of aromatic nitrogens is 2. The van der Waals surface area contributed by atoms with E-state index in [9.17, 15) is 4.79 Å². The summed E-state index contributed by atoms with van der Waals surface area (Å²) in [5.41, 5.74) is 2.50. The number of anilines is 1. The standard InChI is InChI=1S/C18H22N4O/c1-12-6-4-8-15(20-12)16(13-9-10-13)21-18(23)14-7-5-11-19-17(14)22(2)3/h4-8,11,13,16H,9-10H2,1-3H3,(H,21,23). The number of aryl methyl sites for hydroxylation is 1. The van der Waals surface area contributed by atoms with Crippen LogP contribution in [0.1, 0.15) is 40.6 Å². The van der Waals surface area contributed by atoms with Crippen molar-refractivity contribution in [2.24, 2.45) is 5.92 Å². The molecule has 3 rings (SSSR count). The van der Waals surface area contributed by atoms with Crippen LogP contribution in [0.25, 0.3) is 0 Å². The molecule has 1 amide bonds.